The van der Waals surface area contributed by atoms with Crippen LogP contribution in [0.4, 0.5) is 0 Å². The number of hydrogen-bond donors (Lipinski definition) is 2. The molecule has 0 spiro atoms. The maximum atomic E-state index is 11.4. The number of amides is 2. The monoisotopic (exact) mass is 226 g/mol. The average Bonchev–Trinajstić information content (AvgIpc) is 2.28. The molecule has 6 nitrogen and oxygen atoms in total. The van der Waals surface area contributed by atoms with Gasteiger partial charge in [0.2, 0.25) is 11.8 Å². The van der Waals surface area contributed by atoms with Gasteiger partial charge in [0.25, 0.3) is 0 Å². The minimum absolute atomic E-state index is 0.393. The normalized spacial score (nSPS) is 23.6. The Balaban J connectivity index is 2.90. The van der Waals surface area contributed by atoms with E-state index >= 15 is 0 Å². The summed E-state index contributed by atoms with van der Waals surface area (Å²) < 4.78 is 0. The lowest BCUT2D eigenvalue weighted by molar-refractivity contribution is -0.204. The molecule has 0 bridgehead atoms. The second kappa shape index (κ2) is 4.91. The smallest absolute Gasteiger partial charge is 0.249 e. The van der Waals surface area contributed by atoms with Crippen molar-refractivity contribution in [3.8, 4) is 0 Å². The summed E-state index contributed by atoms with van der Waals surface area (Å²) in [4.78, 5) is 25.2. The van der Waals surface area contributed by atoms with E-state index in [0.717, 1.165) is 12.2 Å². The van der Waals surface area contributed by atoms with Crippen LogP contribution in [0, 0.1) is 0 Å². The maximum Gasteiger partial charge on any atom is 0.249 e. The molecule has 2 amide bonds. The lowest BCUT2D eigenvalue weighted by Crippen LogP contribution is -2.76. The zero-order chi connectivity index (χ0) is 12.3. The van der Waals surface area contributed by atoms with Crippen LogP contribution in [0.15, 0.2) is 25.3 Å². The lowest BCUT2D eigenvalue weighted by Gasteiger charge is -2.55. The fraction of sp³-hybridized carbons (Fsp3) is 0.400. The van der Waals surface area contributed by atoms with E-state index < -0.39 is 37.4 Å². The molecule has 0 aliphatic carbocycles. The number of nitrogens with zero attached hydrogens (tertiary/aromatic N) is 2. The summed E-state index contributed by atoms with van der Waals surface area (Å²) in [6.07, 6.45) is 0.628. The molecule has 1 rings (SSSR count). The van der Waals surface area contributed by atoms with E-state index in [1.165, 1.54) is 9.80 Å². The number of carbonyl (C=O) groups excluding carboxylic acids is 2. The van der Waals surface area contributed by atoms with E-state index in [2.05, 4.69) is 13.2 Å². The molecule has 1 fully saturated rings. The van der Waals surface area contributed by atoms with E-state index in [-0.39, 0.29) is 0 Å². The van der Waals surface area contributed by atoms with E-state index in [4.69, 9.17) is 10.2 Å². The molecule has 0 unspecified atom stereocenters. The van der Waals surface area contributed by atoms with Gasteiger partial charge in [0.15, 0.2) is 0 Å². The van der Waals surface area contributed by atoms with Crippen molar-refractivity contribution in [3.63, 3.8) is 0 Å². The van der Waals surface area contributed by atoms with E-state index in [9.17, 15) is 9.59 Å². The highest BCUT2D eigenvalue weighted by Gasteiger charge is 2.49. The van der Waals surface area contributed by atoms with Crippen LogP contribution in [-0.4, -0.2) is 57.4 Å². The molecule has 0 radical (unpaired) electrons. The maximum absolute atomic E-state index is 11.4. The Labute approximate surface area is 93.1 Å². The van der Waals surface area contributed by atoms with Crippen LogP contribution in [-0.2, 0) is 9.59 Å². The molecule has 1 aliphatic rings. The Morgan fingerprint density at radius 1 is 1.00 bits per heavy atom. The minimum atomic E-state index is -0.756. The molecule has 16 heavy (non-hydrogen) atoms. The zero-order valence-corrected chi connectivity index (χ0v) is 8.74. The zero-order valence-electron chi connectivity index (χ0n) is 8.74. The van der Waals surface area contributed by atoms with Crippen LogP contribution in [0.3, 0.4) is 0 Å². The fourth-order valence-electron chi connectivity index (χ4n) is 1.75. The third kappa shape index (κ3) is 1.72. The first-order valence-corrected chi connectivity index (χ1v) is 4.73. The molecule has 0 aromatic rings. The van der Waals surface area contributed by atoms with Gasteiger partial charge in [0.05, 0.1) is 13.2 Å². The Morgan fingerprint density at radius 3 is 1.50 bits per heavy atom. The van der Waals surface area contributed by atoms with Gasteiger partial charge >= 0.3 is 0 Å². The summed E-state index contributed by atoms with van der Waals surface area (Å²) in [6.45, 7) is 5.84. The first-order chi connectivity index (χ1) is 7.62. The molecular weight excluding hydrogens is 212 g/mol. The van der Waals surface area contributed by atoms with Gasteiger partial charge in [-0.15, -0.1) is 0 Å². The third-order valence-electron chi connectivity index (χ3n) is 2.47. The molecule has 0 aromatic heterocycles. The molecule has 1 heterocycles. The standard InChI is InChI=1S/C10H14N2O4/c1-3-9(15)11-7(5-13)12(8(11)6-14)10(16)4-2/h3-4,7-8,13-14H,1-2,5-6H2. The number of rotatable bonds is 4. The summed E-state index contributed by atoms with van der Waals surface area (Å²) in [5.74, 6) is -0.877. The van der Waals surface area contributed by atoms with Crippen molar-refractivity contribution >= 4 is 11.8 Å². The van der Waals surface area contributed by atoms with Gasteiger partial charge in [-0.05, 0) is 12.2 Å². The molecule has 0 saturated carbocycles. The van der Waals surface area contributed by atoms with Crippen molar-refractivity contribution in [2.24, 2.45) is 0 Å². The van der Waals surface area contributed by atoms with Gasteiger partial charge in [-0.3, -0.25) is 19.4 Å². The Bertz CT molecular complexity index is 289. The van der Waals surface area contributed by atoms with Crippen LogP contribution in [0.25, 0.3) is 0 Å². The van der Waals surface area contributed by atoms with Crippen LogP contribution in [0.5, 0.6) is 0 Å². The van der Waals surface area contributed by atoms with Gasteiger partial charge in [-0.1, -0.05) is 13.2 Å². The lowest BCUT2D eigenvalue weighted by atomic mass is 10.1. The predicted octanol–water partition coefficient (Wildman–Crippen LogP) is -1.33. The Kier molecular flexibility index (Phi) is 3.81. The quantitative estimate of drug-likeness (QED) is 0.582. The second-order valence-electron chi connectivity index (χ2n) is 3.23. The third-order valence-corrected chi connectivity index (χ3v) is 2.47. The van der Waals surface area contributed by atoms with Crippen molar-refractivity contribution in [2.45, 2.75) is 12.3 Å². The van der Waals surface area contributed by atoms with Crippen LogP contribution >= 0.6 is 0 Å². The van der Waals surface area contributed by atoms with Gasteiger partial charge in [0.1, 0.15) is 12.3 Å². The first-order valence-electron chi connectivity index (χ1n) is 4.73. The largest absolute Gasteiger partial charge is 0.392 e. The first kappa shape index (κ1) is 12.4. The summed E-state index contributed by atoms with van der Waals surface area (Å²) in [5.41, 5.74) is 0. The molecule has 1 aliphatic heterocycles. The van der Waals surface area contributed by atoms with E-state index in [1.807, 2.05) is 0 Å². The summed E-state index contributed by atoms with van der Waals surface area (Å²) >= 11 is 0. The van der Waals surface area contributed by atoms with Gasteiger partial charge in [-0.2, -0.15) is 0 Å². The molecule has 88 valence electrons. The van der Waals surface area contributed by atoms with Crippen LogP contribution in [0.1, 0.15) is 0 Å². The number of hydrogen-bond acceptors (Lipinski definition) is 4. The highest BCUT2D eigenvalue weighted by molar-refractivity contribution is 5.93. The van der Waals surface area contributed by atoms with Crippen LogP contribution in [0.2, 0.25) is 0 Å². The fourth-order valence-corrected chi connectivity index (χ4v) is 1.75. The summed E-state index contributed by atoms with van der Waals surface area (Å²) in [7, 11) is 0. The SMILES string of the molecule is C=CC(=O)N1C(CO)N(C(=O)C=C)C1CO. The van der Waals surface area contributed by atoms with Crippen molar-refractivity contribution < 1.29 is 19.8 Å². The second-order valence-corrected chi connectivity index (χ2v) is 3.23. The average molecular weight is 226 g/mol. The Morgan fingerprint density at radius 2 is 1.31 bits per heavy atom. The van der Waals surface area contributed by atoms with Gasteiger partial charge in [-0.25, -0.2) is 0 Å². The molecule has 1 saturated heterocycles. The van der Waals surface area contributed by atoms with Crippen molar-refractivity contribution in [1.82, 2.24) is 9.80 Å². The summed E-state index contributed by atoms with van der Waals surface area (Å²) in [5, 5.41) is 18.2. The van der Waals surface area contributed by atoms with E-state index in [0.29, 0.717) is 0 Å². The number of carbonyl (C=O) groups is 2. The molecule has 2 N–H and O–H groups in total. The highest BCUT2D eigenvalue weighted by atomic mass is 16.3. The highest BCUT2D eigenvalue weighted by Crippen LogP contribution is 2.27. The minimum Gasteiger partial charge on any atom is -0.392 e. The van der Waals surface area contributed by atoms with E-state index in [1.54, 1.807) is 0 Å². The van der Waals surface area contributed by atoms with Gasteiger partial charge < -0.3 is 10.2 Å². The molecule has 0 aromatic carbocycles. The van der Waals surface area contributed by atoms with Crippen molar-refractivity contribution in [2.75, 3.05) is 13.2 Å². The van der Waals surface area contributed by atoms with Gasteiger partial charge in [0, 0.05) is 0 Å². The molecular formula is C10H14N2O4. The summed E-state index contributed by atoms with van der Waals surface area (Å²) in [6, 6.07) is 0. The van der Waals surface area contributed by atoms with Crippen LogP contribution < -0.4 is 0 Å². The number of aliphatic hydroxyl groups is 2. The van der Waals surface area contributed by atoms with Crippen molar-refractivity contribution in [3.05, 3.63) is 25.3 Å². The molecule has 6 heteroatoms. The number of aliphatic hydroxyl groups excluding tert-OH is 2. The predicted molar refractivity (Wildman–Crippen MR) is 55.8 cm³/mol. The molecule has 0 atom stereocenters. The van der Waals surface area contributed by atoms with Crippen molar-refractivity contribution in [1.29, 1.82) is 0 Å². The topological polar surface area (TPSA) is 81.1 Å². The Hall–Kier alpha value is -1.66.